The van der Waals surface area contributed by atoms with Gasteiger partial charge in [-0.15, -0.1) is 0 Å². The molecule has 2 aromatic carbocycles. The molecule has 1 aliphatic carbocycles. The van der Waals surface area contributed by atoms with Crippen LogP contribution in [-0.2, 0) is 26.3 Å². The molecule has 0 unspecified atom stereocenters. The molecule has 2 aromatic rings. The number of anilines is 1. The van der Waals surface area contributed by atoms with Gasteiger partial charge in [0.15, 0.2) is 0 Å². The predicted octanol–water partition coefficient (Wildman–Crippen LogP) is 4.35. The van der Waals surface area contributed by atoms with Gasteiger partial charge < -0.3 is 10.2 Å². The van der Waals surface area contributed by atoms with Gasteiger partial charge >= 0.3 is 10.2 Å². The number of carbonyl (C=O) groups is 2. The standard InChI is InChI=1S/C27H36ClFN4O4S/c1-4-24(27(35)30-21-13-6-5-7-14-21)32(18-20-12-8-9-15-22(20)28)26(34)19-33(38(36,37)31(2)3)25-17-11-10-16-23(25)29/h8-12,15-17,21,24H,4-7,13-14,18-19H2,1-3H3,(H,30,35)/t24-/m1/s1. The van der Waals surface area contributed by atoms with Crippen molar-refractivity contribution < 1.29 is 22.4 Å². The van der Waals surface area contributed by atoms with Gasteiger partial charge in [-0.1, -0.05) is 68.1 Å². The fraction of sp³-hybridized carbons (Fsp3) is 0.481. The van der Waals surface area contributed by atoms with Crippen LogP contribution in [-0.4, -0.2) is 62.2 Å². The number of carbonyl (C=O) groups excluding carboxylic acids is 2. The monoisotopic (exact) mass is 566 g/mol. The zero-order valence-electron chi connectivity index (χ0n) is 22.1. The quantitative estimate of drug-likeness (QED) is 0.438. The van der Waals surface area contributed by atoms with Gasteiger partial charge in [0.1, 0.15) is 18.4 Å². The summed E-state index contributed by atoms with van der Waals surface area (Å²) in [6, 6.07) is 11.5. The summed E-state index contributed by atoms with van der Waals surface area (Å²) >= 11 is 6.39. The Morgan fingerprint density at radius 1 is 1.05 bits per heavy atom. The average molecular weight is 567 g/mol. The average Bonchev–Trinajstić information content (AvgIpc) is 2.89. The molecular formula is C27H36ClFN4O4S. The Labute approximate surface area is 229 Å². The van der Waals surface area contributed by atoms with Crippen molar-refractivity contribution in [2.75, 3.05) is 24.9 Å². The van der Waals surface area contributed by atoms with Crippen LogP contribution in [0.1, 0.15) is 51.0 Å². The van der Waals surface area contributed by atoms with Crippen LogP contribution in [0.5, 0.6) is 0 Å². The molecule has 1 fully saturated rings. The molecular weight excluding hydrogens is 531 g/mol. The summed E-state index contributed by atoms with van der Waals surface area (Å²) in [5.41, 5.74) is 0.353. The molecule has 0 bridgehead atoms. The van der Waals surface area contributed by atoms with E-state index in [2.05, 4.69) is 5.32 Å². The van der Waals surface area contributed by atoms with E-state index in [1.165, 1.54) is 37.2 Å². The van der Waals surface area contributed by atoms with Gasteiger partial charge in [-0.05, 0) is 43.0 Å². The van der Waals surface area contributed by atoms with E-state index in [0.717, 1.165) is 46.8 Å². The first-order valence-corrected chi connectivity index (χ1v) is 14.6. The highest BCUT2D eigenvalue weighted by Crippen LogP contribution is 2.25. The first-order valence-electron chi connectivity index (χ1n) is 12.8. The lowest BCUT2D eigenvalue weighted by Gasteiger charge is -2.35. The van der Waals surface area contributed by atoms with E-state index in [4.69, 9.17) is 11.6 Å². The van der Waals surface area contributed by atoms with Crippen LogP contribution < -0.4 is 9.62 Å². The van der Waals surface area contributed by atoms with Gasteiger partial charge in [-0.25, -0.2) is 8.70 Å². The minimum absolute atomic E-state index is 0.0117. The molecule has 0 saturated heterocycles. The summed E-state index contributed by atoms with van der Waals surface area (Å²) in [7, 11) is -1.63. The highest BCUT2D eigenvalue weighted by atomic mass is 35.5. The van der Waals surface area contributed by atoms with Crippen molar-refractivity contribution in [1.29, 1.82) is 0 Å². The van der Waals surface area contributed by atoms with Crippen molar-refractivity contribution in [1.82, 2.24) is 14.5 Å². The number of hydrogen-bond donors (Lipinski definition) is 1. The van der Waals surface area contributed by atoms with Gasteiger partial charge in [-0.2, -0.15) is 12.7 Å². The number of nitrogens with zero attached hydrogens (tertiary/aromatic N) is 3. The molecule has 1 atom stereocenters. The van der Waals surface area contributed by atoms with Crippen LogP contribution in [0, 0.1) is 5.82 Å². The molecule has 1 N–H and O–H groups in total. The Hall–Kier alpha value is -2.69. The van der Waals surface area contributed by atoms with E-state index in [1.54, 1.807) is 31.2 Å². The topological polar surface area (TPSA) is 90.0 Å². The molecule has 1 aliphatic rings. The molecule has 11 heteroatoms. The fourth-order valence-corrected chi connectivity index (χ4v) is 5.89. The van der Waals surface area contributed by atoms with E-state index in [9.17, 15) is 22.4 Å². The smallest absolute Gasteiger partial charge is 0.304 e. The Balaban J connectivity index is 1.98. The Morgan fingerprint density at radius 3 is 2.29 bits per heavy atom. The molecule has 1 saturated carbocycles. The molecule has 0 heterocycles. The van der Waals surface area contributed by atoms with Crippen LogP contribution in [0.25, 0.3) is 0 Å². The number of para-hydroxylation sites is 1. The maximum Gasteiger partial charge on any atom is 0.304 e. The van der Waals surface area contributed by atoms with Gasteiger partial charge in [0.05, 0.1) is 5.69 Å². The summed E-state index contributed by atoms with van der Waals surface area (Å²) in [6.45, 7) is 1.09. The van der Waals surface area contributed by atoms with Gasteiger partial charge in [-0.3, -0.25) is 9.59 Å². The molecule has 8 nitrogen and oxygen atoms in total. The molecule has 0 aromatic heterocycles. The van der Waals surface area contributed by atoms with Crippen molar-refractivity contribution in [2.45, 2.75) is 64.1 Å². The van der Waals surface area contributed by atoms with E-state index in [-0.39, 0.29) is 24.2 Å². The highest BCUT2D eigenvalue weighted by Gasteiger charge is 2.35. The first-order chi connectivity index (χ1) is 18.1. The van der Waals surface area contributed by atoms with Gasteiger partial charge in [0.25, 0.3) is 0 Å². The van der Waals surface area contributed by atoms with Crippen LogP contribution in [0.3, 0.4) is 0 Å². The van der Waals surface area contributed by atoms with E-state index >= 15 is 0 Å². The normalized spacial score (nSPS) is 15.2. The molecule has 0 radical (unpaired) electrons. The maximum atomic E-state index is 14.8. The van der Waals surface area contributed by atoms with Crippen molar-refractivity contribution in [2.24, 2.45) is 0 Å². The van der Waals surface area contributed by atoms with Crippen molar-refractivity contribution >= 4 is 39.3 Å². The predicted molar refractivity (Wildman–Crippen MR) is 147 cm³/mol. The second kappa shape index (κ2) is 13.4. The Morgan fingerprint density at radius 2 is 1.68 bits per heavy atom. The third-order valence-corrected chi connectivity index (χ3v) is 8.95. The highest BCUT2D eigenvalue weighted by molar-refractivity contribution is 7.90. The zero-order chi connectivity index (χ0) is 27.9. The molecule has 2 amide bonds. The number of halogens is 2. The molecule has 0 spiro atoms. The zero-order valence-corrected chi connectivity index (χ0v) is 23.6. The molecule has 38 heavy (non-hydrogen) atoms. The first kappa shape index (κ1) is 29.9. The van der Waals surface area contributed by atoms with Gasteiger partial charge in [0, 0.05) is 31.7 Å². The third-order valence-electron chi connectivity index (χ3n) is 6.78. The van der Waals surface area contributed by atoms with E-state index in [0.29, 0.717) is 17.0 Å². The largest absolute Gasteiger partial charge is 0.352 e. The van der Waals surface area contributed by atoms with E-state index in [1.807, 2.05) is 0 Å². The number of benzene rings is 2. The summed E-state index contributed by atoms with van der Waals surface area (Å²) < 4.78 is 42.8. The minimum atomic E-state index is -4.25. The number of hydrogen-bond acceptors (Lipinski definition) is 4. The second-order valence-corrected chi connectivity index (χ2v) is 12.1. The van der Waals surface area contributed by atoms with Crippen LogP contribution in [0.2, 0.25) is 5.02 Å². The van der Waals surface area contributed by atoms with Crippen LogP contribution in [0.15, 0.2) is 48.5 Å². The van der Waals surface area contributed by atoms with E-state index < -0.39 is 34.5 Å². The summed E-state index contributed by atoms with van der Waals surface area (Å²) in [6.07, 6.45) is 5.25. The van der Waals surface area contributed by atoms with Crippen molar-refractivity contribution in [3.05, 3.63) is 64.9 Å². The number of amides is 2. The van der Waals surface area contributed by atoms with Crippen molar-refractivity contribution in [3.8, 4) is 0 Å². The third kappa shape index (κ3) is 7.24. The second-order valence-electron chi connectivity index (χ2n) is 9.63. The summed E-state index contributed by atoms with van der Waals surface area (Å²) in [4.78, 5) is 28.7. The number of nitrogens with one attached hydrogen (secondary N) is 1. The SMILES string of the molecule is CC[C@H](C(=O)NC1CCCCC1)N(Cc1ccccc1Cl)C(=O)CN(c1ccccc1F)S(=O)(=O)N(C)C. The summed E-state index contributed by atoms with van der Waals surface area (Å²) in [5, 5.41) is 3.50. The lowest BCUT2D eigenvalue weighted by molar-refractivity contribution is -0.140. The molecule has 0 aliphatic heterocycles. The Bertz CT molecular complexity index is 1220. The van der Waals surface area contributed by atoms with Crippen LogP contribution >= 0.6 is 11.6 Å². The number of rotatable bonds is 11. The van der Waals surface area contributed by atoms with Crippen molar-refractivity contribution in [3.63, 3.8) is 0 Å². The molecule has 3 rings (SSSR count). The van der Waals surface area contributed by atoms with Gasteiger partial charge in [0.2, 0.25) is 11.8 Å². The minimum Gasteiger partial charge on any atom is -0.352 e. The lowest BCUT2D eigenvalue weighted by atomic mass is 9.95. The Kier molecular flexibility index (Phi) is 10.5. The molecule has 208 valence electrons. The maximum absolute atomic E-state index is 14.8. The lowest BCUT2D eigenvalue weighted by Crippen LogP contribution is -2.54. The van der Waals surface area contributed by atoms with Crippen LogP contribution in [0.4, 0.5) is 10.1 Å². The summed E-state index contributed by atoms with van der Waals surface area (Å²) in [5.74, 6) is -1.73. The fourth-order valence-electron chi connectivity index (χ4n) is 4.63.